The third-order valence-electron chi connectivity index (χ3n) is 5.06. The molecule has 0 bridgehead atoms. The summed E-state index contributed by atoms with van der Waals surface area (Å²) in [5.74, 6) is 1.15. The predicted molar refractivity (Wildman–Crippen MR) is 86.1 cm³/mol. The summed E-state index contributed by atoms with van der Waals surface area (Å²) < 4.78 is 34.3. The molecule has 1 atom stereocenters. The molecule has 0 spiro atoms. The van der Waals surface area contributed by atoms with Crippen molar-refractivity contribution in [3.8, 4) is 0 Å². The van der Waals surface area contributed by atoms with Crippen molar-refractivity contribution >= 4 is 10.2 Å². The van der Waals surface area contributed by atoms with Gasteiger partial charge < -0.3 is 4.52 Å². The van der Waals surface area contributed by atoms with Crippen LogP contribution in [0.3, 0.4) is 0 Å². The summed E-state index contributed by atoms with van der Waals surface area (Å²) >= 11 is 0. The van der Waals surface area contributed by atoms with Gasteiger partial charge in [-0.15, -0.1) is 0 Å². The van der Waals surface area contributed by atoms with Gasteiger partial charge in [-0.1, -0.05) is 24.4 Å². The zero-order chi connectivity index (χ0) is 16.4. The molecule has 7 nitrogen and oxygen atoms in total. The zero-order valence-corrected chi connectivity index (χ0v) is 14.8. The largest absolute Gasteiger partial charge is 0.339 e. The summed E-state index contributed by atoms with van der Waals surface area (Å²) in [5, 5.41) is 3.82. The molecule has 0 radical (unpaired) electrons. The minimum absolute atomic E-state index is 0.000481. The van der Waals surface area contributed by atoms with Gasteiger partial charge in [0.05, 0.1) is 5.92 Å². The fourth-order valence-corrected chi connectivity index (χ4v) is 5.33. The van der Waals surface area contributed by atoms with Crippen LogP contribution in [0.2, 0.25) is 0 Å². The van der Waals surface area contributed by atoms with Crippen molar-refractivity contribution in [2.75, 3.05) is 20.1 Å². The highest BCUT2D eigenvalue weighted by atomic mass is 32.2. The summed E-state index contributed by atoms with van der Waals surface area (Å²) in [6, 6.07) is 0.139. The van der Waals surface area contributed by atoms with Gasteiger partial charge in [-0.25, -0.2) is 0 Å². The lowest BCUT2D eigenvalue weighted by molar-refractivity contribution is 0.230. The third kappa shape index (κ3) is 3.59. The molecule has 1 aromatic heterocycles. The van der Waals surface area contributed by atoms with E-state index >= 15 is 0 Å². The summed E-state index contributed by atoms with van der Waals surface area (Å²) in [5.41, 5.74) is 0. The summed E-state index contributed by atoms with van der Waals surface area (Å²) in [6.07, 6.45) is 7.10. The van der Waals surface area contributed by atoms with Gasteiger partial charge in [0.1, 0.15) is 0 Å². The lowest BCUT2D eigenvalue weighted by atomic mass is 9.96. The molecule has 2 aliphatic rings. The molecular formula is C15H26N4O3S. The van der Waals surface area contributed by atoms with Crippen molar-refractivity contribution in [1.29, 1.82) is 0 Å². The van der Waals surface area contributed by atoms with Crippen LogP contribution in [-0.2, 0) is 10.2 Å². The molecule has 2 heterocycles. The van der Waals surface area contributed by atoms with Crippen LogP contribution in [0.1, 0.15) is 62.6 Å². The highest BCUT2D eigenvalue weighted by molar-refractivity contribution is 7.86. The van der Waals surface area contributed by atoms with Gasteiger partial charge >= 0.3 is 0 Å². The first-order valence-corrected chi connectivity index (χ1v) is 9.91. The predicted octanol–water partition coefficient (Wildman–Crippen LogP) is 2.07. The summed E-state index contributed by atoms with van der Waals surface area (Å²) in [6.45, 7) is 2.78. The van der Waals surface area contributed by atoms with E-state index in [2.05, 4.69) is 10.1 Å². The average molecular weight is 342 g/mol. The van der Waals surface area contributed by atoms with E-state index in [1.54, 1.807) is 22.6 Å². The molecule has 2 fully saturated rings. The molecule has 0 N–H and O–H groups in total. The van der Waals surface area contributed by atoms with Gasteiger partial charge in [0.2, 0.25) is 5.89 Å². The molecule has 0 aromatic carbocycles. The van der Waals surface area contributed by atoms with Gasteiger partial charge in [-0.05, 0) is 32.6 Å². The highest BCUT2D eigenvalue weighted by Crippen LogP contribution is 2.30. The summed E-state index contributed by atoms with van der Waals surface area (Å²) in [7, 11) is -1.69. The second-order valence-corrected chi connectivity index (χ2v) is 8.68. The standard InChI is InChI=1S/C15H26N4O3S/c1-12-16-15(22-17-12)13-7-6-10-19(11-13)23(20,21)18(2)14-8-4-3-5-9-14/h13-14H,3-11H2,1-2H3. The monoisotopic (exact) mass is 342 g/mol. The Morgan fingerprint density at radius 1 is 1.17 bits per heavy atom. The van der Waals surface area contributed by atoms with E-state index in [1.165, 1.54) is 6.42 Å². The van der Waals surface area contributed by atoms with Gasteiger partial charge in [0.15, 0.2) is 5.82 Å². The molecule has 1 saturated heterocycles. The van der Waals surface area contributed by atoms with Crippen molar-refractivity contribution in [2.24, 2.45) is 0 Å². The maximum atomic E-state index is 13.0. The first-order chi connectivity index (χ1) is 11.0. The maximum absolute atomic E-state index is 13.0. The Morgan fingerprint density at radius 2 is 1.91 bits per heavy atom. The number of aromatic nitrogens is 2. The molecule has 23 heavy (non-hydrogen) atoms. The van der Waals surface area contributed by atoms with Crippen molar-refractivity contribution < 1.29 is 12.9 Å². The fourth-order valence-electron chi connectivity index (χ4n) is 3.65. The normalized spacial score (nSPS) is 25.1. The van der Waals surface area contributed by atoms with Crippen LogP contribution in [0.25, 0.3) is 0 Å². The van der Waals surface area contributed by atoms with E-state index in [1.807, 2.05) is 0 Å². The Kier molecular flexibility index (Phi) is 5.03. The number of hydrogen-bond donors (Lipinski definition) is 0. The van der Waals surface area contributed by atoms with E-state index in [9.17, 15) is 8.42 Å². The van der Waals surface area contributed by atoms with Crippen molar-refractivity contribution in [2.45, 2.75) is 63.8 Å². The van der Waals surface area contributed by atoms with Crippen LogP contribution in [-0.4, -0.2) is 53.3 Å². The molecule has 130 valence electrons. The quantitative estimate of drug-likeness (QED) is 0.837. The van der Waals surface area contributed by atoms with E-state index < -0.39 is 10.2 Å². The molecule has 1 saturated carbocycles. The molecular weight excluding hydrogens is 316 g/mol. The molecule has 1 aliphatic carbocycles. The first-order valence-electron chi connectivity index (χ1n) is 8.52. The second-order valence-electron chi connectivity index (χ2n) is 6.69. The molecule has 0 amide bonds. The number of hydrogen-bond acceptors (Lipinski definition) is 5. The van der Waals surface area contributed by atoms with E-state index in [0.29, 0.717) is 24.8 Å². The summed E-state index contributed by atoms with van der Waals surface area (Å²) in [4.78, 5) is 4.27. The first kappa shape index (κ1) is 16.9. The number of piperidine rings is 1. The Morgan fingerprint density at radius 3 is 2.57 bits per heavy atom. The van der Waals surface area contributed by atoms with Gasteiger partial charge in [-0.3, -0.25) is 0 Å². The minimum Gasteiger partial charge on any atom is -0.339 e. The topological polar surface area (TPSA) is 79.5 Å². The van der Waals surface area contributed by atoms with Crippen LogP contribution < -0.4 is 0 Å². The Hall–Kier alpha value is -0.990. The Balaban J connectivity index is 1.71. The lowest BCUT2D eigenvalue weighted by Crippen LogP contribution is -2.49. The Labute approximate surface area is 138 Å². The van der Waals surface area contributed by atoms with Gasteiger partial charge in [-0.2, -0.15) is 22.0 Å². The minimum atomic E-state index is -3.42. The smallest absolute Gasteiger partial charge is 0.281 e. The van der Waals surface area contributed by atoms with Crippen LogP contribution >= 0.6 is 0 Å². The fraction of sp³-hybridized carbons (Fsp3) is 0.867. The van der Waals surface area contributed by atoms with Gasteiger partial charge in [0, 0.05) is 26.2 Å². The van der Waals surface area contributed by atoms with Crippen molar-refractivity contribution in [3.05, 3.63) is 11.7 Å². The zero-order valence-electron chi connectivity index (χ0n) is 13.9. The number of rotatable bonds is 4. The average Bonchev–Trinajstić information content (AvgIpc) is 3.01. The SMILES string of the molecule is Cc1noc(C2CCCN(S(=O)(=O)N(C)C3CCCCC3)C2)n1. The number of nitrogens with zero attached hydrogens (tertiary/aromatic N) is 4. The van der Waals surface area contributed by atoms with Crippen molar-refractivity contribution in [3.63, 3.8) is 0 Å². The molecule has 1 unspecified atom stereocenters. The third-order valence-corrected chi connectivity index (χ3v) is 7.07. The molecule has 1 aromatic rings. The molecule has 1 aliphatic heterocycles. The maximum Gasteiger partial charge on any atom is 0.281 e. The van der Waals surface area contributed by atoms with E-state index in [-0.39, 0.29) is 12.0 Å². The van der Waals surface area contributed by atoms with E-state index in [0.717, 1.165) is 38.5 Å². The van der Waals surface area contributed by atoms with Gasteiger partial charge in [0.25, 0.3) is 10.2 Å². The number of aryl methyl sites for hydroxylation is 1. The molecule has 3 rings (SSSR count). The molecule has 8 heteroatoms. The van der Waals surface area contributed by atoms with Crippen LogP contribution in [0.5, 0.6) is 0 Å². The van der Waals surface area contributed by atoms with Crippen LogP contribution in [0.4, 0.5) is 0 Å². The van der Waals surface area contributed by atoms with Crippen LogP contribution in [0, 0.1) is 6.92 Å². The van der Waals surface area contributed by atoms with Crippen molar-refractivity contribution in [1.82, 2.24) is 18.8 Å². The van der Waals surface area contributed by atoms with Crippen LogP contribution in [0.15, 0.2) is 4.52 Å². The highest BCUT2D eigenvalue weighted by Gasteiger charge is 2.37. The second kappa shape index (κ2) is 6.86. The Bertz CT molecular complexity index is 624. The van der Waals surface area contributed by atoms with E-state index in [4.69, 9.17) is 4.52 Å². The lowest BCUT2D eigenvalue weighted by Gasteiger charge is -2.37.